The van der Waals surface area contributed by atoms with Crippen molar-refractivity contribution in [1.82, 2.24) is 9.88 Å². The summed E-state index contributed by atoms with van der Waals surface area (Å²) in [5.74, 6) is -1.16. The van der Waals surface area contributed by atoms with Crippen LogP contribution in [0.3, 0.4) is 0 Å². The maximum absolute atomic E-state index is 13.0. The maximum atomic E-state index is 13.0. The number of rotatable bonds is 4. The van der Waals surface area contributed by atoms with Crippen molar-refractivity contribution in [2.24, 2.45) is 0 Å². The van der Waals surface area contributed by atoms with Crippen LogP contribution in [0.5, 0.6) is 0 Å². The van der Waals surface area contributed by atoms with Crippen molar-refractivity contribution in [3.05, 3.63) is 53.1 Å². The topological polar surface area (TPSA) is 108 Å². The second-order valence-electron chi connectivity index (χ2n) is 8.37. The van der Waals surface area contributed by atoms with Crippen molar-refractivity contribution in [3.63, 3.8) is 0 Å². The van der Waals surface area contributed by atoms with E-state index in [2.05, 4.69) is 15.6 Å². The highest BCUT2D eigenvalue weighted by atomic mass is 32.1. The average Bonchev–Trinajstić information content (AvgIpc) is 3.31. The lowest BCUT2D eigenvalue weighted by atomic mass is 9.94. The minimum absolute atomic E-state index is 0.0615. The fraction of sp³-hybridized carbons (Fsp3) is 0.292. The standard InChI is InChI=1S/C24H22N4O4S/c1-13(29)25-15-8-10-19-20(12-15)33-24(26-19)27-21(30)14-7-9-17-18(11-14)23(32)28(22(17)31)16-5-3-2-4-6-16/h7-12,16H,2-6H2,1H3,(H,25,29)(H,26,27,30). The van der Waals surface area contributed by atoms with Crippen LogP contribution in [0.2, 0.25) is 0 Å². The van der Waals surface area contributed by atoms with Gasteiger partial charge in [0.05, 0.1) is 21.3 Å². The van der Waals surface area contributed by atoms with Gasteiger partial charge >= 0.3 is 0 Å². The molecule has 0 radical (unpaired) electrons. The number of benzene rings is 2. The third kappa shape index (κ3) is 4.00. The lowest BCUT2D eigenvalue weighted by molar-refractivity contribution is -0.114. The molecule has 33 heavy (non-hydrogen) atoms. The molecule has 2 aliphatic rings. The fourth-order valence-corrected chi connectivity index (χ4v) is 5.40. The Labute approximate surface area is 194 Å². The van der Waals surface area contributed by atoms with Gasteiger partial charge in [0.2, 0.25) is 5.91 Å². The second kappa shape index (κ2) is 8.40. The van der Waals surface area contributed by atoms with Gasteiger partial charge in [-0.3, -0.25) is 29.4 Å². The predicted octanol–water partition coefficient (Wildman–Crippen LogP) is 4.44. The number of carbonyl (C=O) groups is 4. The van der Waals surface area contributed by atoms with Gasteiger partial charge < -0.3 is 5.32 Å². The predicted molar refractivity (Wildman–Crippen MR) is 126 cm³/mol. The molecule has 0 spiro atoms. The van der Waals surface area contributed by atoms with Crippen LogP contribution >= 0.6 is 11.3 Å². The third-order valence-corrected chi connectivity index (χ3v) is 6.98. The minimum Gasteiger partial charge on any atom is -0.326 e. The van der Waals surface area contributed by atoms with E-state index in [1.165, 1.54) is 29.2 Å². The van der Waals surface area contributed by atoms with E-state index in [9.17, 15) is 19.2 Å². The molecule has 168 valence electrons. The van der Waals surface area contributed by atoms with Crippen molar-refractivity contribution in [1.29, 1.82) is 0 Å². The normalized spacial score (nSPS) is 16.2. The Morgan fingerprint density at radius 2 is 1.73 bits per heavy atom. The molecule has 1 aliphatic heterocycles. The summed E-state index contributed by atoms with van der Waals surface area (Å²) in [4.78, 5) is 55.8. The molecular weight excluding hydrogens is 440 g/mol. The quantitative estimate of drug-likeness (QED) is 0.558. The number of thiazole rings is 1. The van der Waals surface area contributed by atoms with Gasteiger partial charge in [0.1, 0.15) is 0 Å². The number of fused-ring (bicyclic) bond motifs is 2. The van der Waals surface area contributed by atoms with Crippen LogP contribution in [-0.2, 0) is 4.79 Å². The largest absolute Gasteiger partial charge is 0.326 e. The molecule has 0 bridgehead atoms. The lowest BCUT2D eigenvalue weighted by Crippen LogP contribution is -2.40. The summed E-state index contributed by atoms with van der Waals surface area (Å²) in [6, 6.07) is 9.87. The zero-order valence-electron chi connectivity index (χ0n) is 18.0. The molecule has 2 N–H and O–H groups in total. The highest BCUT2D eigenvalue weighted by molar-refractivity contribution is 7.22. The van der Waals surface area contributed by atoms with Crippen LogP contribution in [0.4, 0.5) is 10.8 Å². The zero-order valence-corrected chi connectivity index (χ0v) is 18.8. The second-order valence-corrected chi connectivity index (χ2v) is 9.40. The Morgan fingerprint density at radius 3 is 2.48 bits per heavy atom. The van der Waals surface area contributed by atoms with Gasteiger partial charge in [-0.15, -0.1) is 0 Å². The van der Waals surface area contributed by atoms with Crippen LogP contribution in [0, 0.1) is 0 Å². The number of amides is 4. The van der Waals surface area contributed by atoms with Gasteiger partial charge in [0.25, 0.3) is 17.7 Å². The first-order valence-electron chi connectivity index (χ1n) is 10.9. The van der Waals surface area contributed by atoms with Crippen molar-refractivity contribution >= 4 is 56.0 Å². The van der Waals surface area contributed by atoms with Gasteiger partial charge in [-0.1, -0.05) is 30.6 Å². The SMILES string of the molecule is CC(=O)Nc1ccc2nc(NC(=O)c3ccc4c(c3)C(=O)N(C3CCCCC3)C4=O)sc2c1. The fourth-order valence-electron chi connectivity index (χ4n) is 4.50. The molecule has 1 aromatic heterocycles. The first-order valence-corrected chi connectivity index (χ1v) is 11.7. The summed E-state index contributed by atoms with van der Waals surface area (Å²) in [5.41, 5.74) is 2.27. The van der Waals surface area contributed by atoms with E-state index in [0.717, 1.165) is 36.8 Å². The van der Waals surface area contributed by atoms with Crippen molar-refractivity contribution in [2.45, 2.75) is 45.1 Å². The Hall–Kier alpha value is -3.59. The van der Waals surface area contributed by atoms with E-state index < -0.39 is 5.91 Å². The summed E-state index contributed by atoms with van der Waals surface area (Å²) in [6.45, 7) is 1.44. The average molecular weight is 463 g/mol. The molecule has 4 amide bonds. The molecule has 9 heteroatoms. The Balaban J connectivity index is 1.35. The number of imide groups is 1. The molecule has 5 rings (SSSR count). The number of hydrogen-bond acceptors (Lipinski definition) is 6. The molecule has 8 nitrogen and oxygen atoms in total. The van der Waals surface area contributed by atoms with E-state index in [1.807, 2.05) is 0 Å². The summed E-state index contributed by atoms with van der Waals surface area (Å²) in [7, 11) is 0. The Bertz CT molecular complexity index is 1310. The van der Waals surface area contributed by atoms with Gasteiger partial charge in [-0.2, -0.15) is 0 Å². The van der Waals surface area contributed by atoms with Crippen LogP contribution in [-0.4, -0.2) is 39.6 Å². The molecule has 0 atom stereocenters. The number of aromatic nitrogens is 1. The molecule has 1 fully saturated rings. The van der Waals surface area contributed by atoms with Crippen molar-refractivity contribution < 1.29 is 19.2 Å². The van der Waals surface area contributed by atoms with Gasteiger partial charge in [0, 0.05) is 24.2 Å². The van der Waals surface area contributed by atoms with Crippen molar-refractivity contribution in [3.8, 4) is 0 Å². The van der Waals surface area contributed by atoms with E-state index >= 15 is 0 Å². The molecule has 2 aromatic carbocycles. The minimum atomic E-state index is -0.407. The highest BCUT2D eigenvalue weighted by Gasteiger charge is 2.40. The van der Waals surface area contributed by atoms with E-state index in [-0.39, 0.29) is 29.3 Å². The van der Waals surface area contributed by atoms with Crippen LogP contribution in [0.25, 0.3) is 10.2 Å². The zero-order chi connectivity index (χ0) is 23.1. The van der Waals surface area contributed by atoms with Gasteiger partial charge in [-0.25, -0.2) is 4.98 Å². The van der Waals surface area contributed by atoms with E-state index in [4.69, 9.17) is 0 Å². The molecule has 0 unspecified atom stereocenters. The van der Waals surface area contributed by atoms with E-state index in [0.29, 0.717) is 27.5 Å². The number of hydrogen-bond donors (Lipinski definition) is 2. The molecule has 1 aliphatic carbocycles. The number of nitrogens with one attached hydrogen (secondary N) is 2. The summed E-state index contributed by atoms with van der Waals surface area (Å²) in [6.07, 6.45) is 4.82. The molecule has 3 aromatic rings. The summed E-state index contributed by atoms with van der Waals surface area (Å²) in [5, 5.41) is 5.90. The smallest absolute Gasteiger partial charge is 0.261 e. The highest BCUT2D eigenvalue weighted by Crippen LogP contribution is 2.32. The number of nitrogens with zero attached hydrogens (tertiary/aromatic N) is 2. The monoisotopic (exact) mass is 462 g/mol. The summed E-state index contributed by atoms with van der Waals surface area (Å²) < 4.78 is 0.814. The first kappa shape index (κ1) is 21.3. The molecule has 1 saturated carbocycles. The van der Waals surface area contributed by atoms with E-state index in [1.54, 1.807) is 30.3 Å². The molecule has 0 saturated heterocycles. The lowest BCUT2D eigenvalue weighted by Gasteiger charge is -2.29. The first-order chi connectivity index (χ1) is 15.9. The van der Waals surface area contributed by atoms with Crippen LogP contribution in [0.1, 0.15) is 70.1 Å². The van der Waals surface area contributed by atoms with Gasteiger partial charge in [0.15, 0.2) is 5.13 Å². The van der Waals surface area contributed by atoms with Crippen molar-refractivity contribution in [2.75, 3.05) is 10.6 Å². The maximum Gasteiger partial charge on any atom is 0.261 e. The van der Waals surface area contributed by atoms with Gasteiger partial charge in [-0.05, 0) is 49.2 Å². The summed E-state index contributed by atoms with van der Waals surface area (Å²) >= 11 is 1.28. The number of carbonyl (C=O) groups excluding carboxylic acids is 4. The molecule has 2 heterocycles. The Kier molecular flexibility index (Phi) is 5.41. The number of anilines is 2. The van der Waals surface area contributed by atoms with Crippen LogP contribution in [0.15, 0.2) is 36.4 Å². The Morgan fingerprint density at radius 1 is 0.970 bits per heavy atom. The third-order valence-electron chi connectivity index (χ3n) is 6.05. The van der Waals surface area contributed by atoms with Crippen LogP contribution < -0.4 is 10.6 Å². The molecular formula is C24H22N4O4S.